The number of anilines is 4. The van der Waals surface area contributed by atoms with Crippen LogP contribution in [0.1, 0.15) is 38.7 Å². The van der Waals surface area contributed by atoms with Crippen LogP contribution in [0.15, 0.2) is 54.0 Å². The summed E-state index contributed by atoms with van der Waals surface area (Å²) in [6.07, 6.45) is 0.947. The third kappa shape index (κ3) is 4.88. The highest BCUT2D eigenvalue weighted by atomic mass is 32.1. The molecule has 196 valence electrons. The number of aromatic nitrogens is 4. The van der Waals surface area contributed by atoms with Gasteiger partial charge in [0.15, 0.2) is 0 Å². The molecule has 38 heavy (non-hydrogen) atoms. The van der Waals surface area contributed by atoms with Crippen molar-refractivity contribution in [1.29, 1.82) is 0 Å². The first-order chi connectivity index (χ1) is 18.4. The number of nitrogens with one attached hydrogen (secondary N) is 2. The van der Waals surface area contributed by atoms with Crippen molar-refractivity contribution < 1.29 is 4.79 Å². The van der Waals surface area contributed by atoms with Gasteiger partial charge in [0.2, 0.25) is 23.8 Å². The van der Waals surface area contributed by atoms with Gasteiger partial charge in [-0.2, -0.15) is 15.0 Å². The number of carbonyl (C=O) groups excluding carboxylic acids is 1. The van der Waals surface area contributed by atoms with Crippen molar-refractivity contribution in [3.05, 3.63) is 59.6 Å². The van der Waals surface area contributed by atoms with Crippen LogP contribution in [0.2, 0.25) is 0 Å². The summed E-state index contributed by atoms with van der Waals surface area (Å²) < 4.78 is 1.10. The Hall–Kier alpha value is -3.79. The normalized spacial score (nSPS) is 19.4. The van der Waals surface area contributed by atoms with Gasteiger partial charge in [-0.05, 0) is 36.1 Å². The molecule has 6 rings (SSSR count). The number of fused-ring (bicyclic) bond motifs is 3. The number of carbonyl (C=O) groups is 1. The second kappa shape index (κ2) is 10.2. The molecule has 4 aromatic rings. The maximum Gasteiger partial charge on any atom is 0.233 e. The minimum atomic E-state index is 0.00840. The highest BCUT2D eigenvalue weighted by Crippen LogP contribution is 2.35. The first-order valence-corrected chi connectivity index (χ1v) is 14.0. The third-order valence-electron chi connectivity index (χ3n) is 7.42. The van der Waals surface area contributed by atoms with Gasteiger partial charge in [0.1, 0.15) is 0 Å². The Morgan fingerprint density at radius 1 is 1.03 bits per heavy atom. The maximum atomic E-state index is 12.7. The Labute approximate surface area is 226 Å². The minimum Gasteiger partial charge on any atom is -0.353 e. The summed E-state index contributed by atoms with van der Waals surface area (Å²) in [4.78, 5) is 35.7. The van der Waals surface area contributed by atoms with E-state index in [4.69, 9.17) is 15.0 Å². The van der Waals surface area contributed by atoms with E-state index >= 15 is 0 Å². The SMILES string of the molecule is CC(C)C(=O)N1CC2CC1CN2c1nc(NCC(C)c2ccccc2)nc(Nc2ccc3ncsc3c2)n1. The molecule has 3 unspecified atom stereocenters. The number of hydrogen-bond acceptors (Lipinski definition) is 9. The number of nitrogens with zero attached hydrogens (tertiary/aromatic N) is 6. The number of hydrogen-bond donors (Lipinski definition) is 2. The van der Waals surface area contributed by atoms with E-state index in [-0.39, 0.29) is 23.9 Å². The average molecular weight is 529 g/mol. The number of benzene rings is 2. The molecule has 10 heteroatoms. The molecule has 0 aliphatic carbocycles. The van der Waals surface area contributed by atoms with Crippen LogP contribution in [0.4, 0.5) is 23.5 Å². The molecule has 2 aromatic heterocycles. The van der Waals surface area contributed by atoms with Crippen LogP contribution in [-0.2, 0) is 4.79 Å². The van der Waals surface area contributed by atoms with Gasteiger partial charge in [-0.25, -0.2) is 4.98 Å². The Morgan fingerprint density at radius 3 is 2.61 bits per heavy atom. The molecule has 2 aliphatic rings. The zero-order valence-electron chi connectivity index (χ0n) is 21.8. The molecule has 0 radical (unpaired) electrons. The second-order valence-corrected chi connectivity index (χ2v) is 11.4. The molecule has 2 aromatic carbocycles. The highest BCUT2D eigenvalue weighted by molar-refractivity contribution is 7.16. The van der Waals surface area contributed by atoms with E-state index in [9.17, 15) is 4.79 Å². The summed E-state index contributed by atoms with van der Waals surface area (Å²) in [6, 6.07) is 16.9. The third-order valence-corrected chi connectivity index (χ3v) is 8.21. The summed E-state index contributed by atoms with van der Waals surface area (Å²) in [5.41, 5.74) is 4.99. The molecule has 2 saturated heterocycles. The van der Waals surface area contributed by atoms with Crippen molar-refractivity contribution in [2.75, 3.05) is 35.2 Å². The van der Waals surface area contributed by atoms with Crippen molar-refractivity contribution in [2.24, 2.45) is 5.92 Å². The lowest BCUT2D eigenvalue weighted by Gasteiger charge is -2.35. The van der Waals surface area contributed by atoms with Crippen LogP contribution in [0.25, 0.3) is 10.2 Å². The fraction of sp³-hybridized carbons (Fsp3) is 0.393. The standard InChI is InChI=1S/C28H32N8OS/c1-17(2)25(37)35-14-22-12-21(35)15-36(22)28-33-26(29-13-18(3)19-7-5-4-6-8-19)32-27(34-28)31-20-9-10-23-24(11-20)38-16-30-23/h4-11,16-18,21-22H,12-15H2,1-3H3,(H2,29,31,32,33,34). The van der Waals surface area contributed by atoms with Gasteiger partial charge < -0.3 is 20.4 Å². The van der Waals surface area contributed by atoms with E-state index in [1.807, 2.05) is 42.5 Å². The fourth-order valence-electron chi connectivity index (χ4n) is 5.35. The summed E-state index contributed by atoms with van der Waals surface area (Å²) in [6.45, 7) is 8.27. The fourth-order valence-corrected chi connectivity index (χ4v) is 6.06. The monoisotopic (exact) mass is 528 g/mol. The summed E-state index contributed by atoms with van der Waals surface area (Å²) >= 11 is 1.60. The van der Waals surface area contributed by atoms with E-state index in [1.165, 1.54) is 5.56 Å². The van der Waals surface area contributed by atoms with E-state index < -0.39 is 0 Å². The van der Waals surface area contributed by atoms with Gasteiger partial charge in [0.25, 0.3) is 0 Å². The summed E-state index contributed by atoms with van der Waals surface area (Å²) in [5, 5.41) is 6.82. The lowest BCUT2D eigenvalue weighted by Crippen LogP contribution is -2.50. The van der Waals surface area contributed by atoms with Gasteiger partial charge >= 0.3 is 0 Å². The quantitative estimate of drug-likeness (QED) is 0.334. The number of rotatable bonds is 8. The van der Waals surface area contributed by atoms with Crippen molar-refractivity contribution in [3.63, 3.8) is 0 Å². The zero-order chi connectivity index (χ0) is 26.2. The van der Waals surface area contributed by atoms with Gasteiger partial charge in [-0.15, -0.1) is 11.3 Å². The Bertz CT molecular complexity index is 1440. The van der Waals surface area contributed by atoms with Crippen LogP contribution < -0.4 is 15.5 Å². The van der Waals surface area contributed by atoms with Crippen molar-refractivity contribution in [2.45, 2.75) is 45.2 Å². The van der Waals surface area contributed by atoms with Crippen molar-refractivity contribution in [3.8, 4) is 0 Å². The molecular weight excluding hydrogens is 496 g/mol. The van der Waals surface area contributed by atoms with E-state index in [0.717, 1.165) is 28.9 Å². The molecule has 3 atom stereocenters. The van der Waals surface area contributed by atoms with Gasteiger partial charge in [-0.3, -0.25) is 4.79 Å². The zero-order valence-corrected chi connectivity index (χ0v) is 22.7. The smallest absolute Gasteiger partial charge is 0.233 e. The molecule has 0 saturated carbocycles. The Morgan fingerprint density at radius 2 is 1.84 bits per heavy atom. The number of likely N-dealkylation sites (tertiary alicyclic amines) is 1. The Kier molecular flexibility index (Phi) is 6.57. The lowest BCUT2D eigenvalue weighted by atomic mass is 10.0. The number of amides is 1. The minimum absolute atomic E-state index is 0.00840. The van der Waals surface area contributed by atoms with E-state index in [1.54, 1.807) is 11.3 Å². The van der Waals surface area contributed by atoms with Gasteiger partial charge in [0.05, 0.1) is 27.8 Å². The van der Waals surface area contributed by atoms with Crippen molar-refractivity contribution >= 4 is 51.0 Å². The van der Waals surface area contributed by atoms with Crippen LogP contribution in [0.5, 0.6) is 0 Å². The predicted molar refractivity (Wildman–Crippen MR) is 152 cm³/mol. The van der Waals surface area contributed by atoms with Crippen LogP contribution in [0.3, 0.4) is 0 Å². The van der Waals surface area contributed by atoms with E-state index in [2.05, 4.69) is 57.8 Å². The lowest BCUT2D eigenvalue weighted by molar-refractivity contribution is -0.135. The molecule has 0 spiro atoms. The largest absolute Gasteiger partial charge is 0.353 e. The molecule has 2 fully saturated rings. The molecule has 2 aliphatic heterocycles. The first kappa shape index (κ1) is 24.5. The Balaban J connectivity index is 1.25. The second-order valence-electron chi connectivity index (χ2n) is 10.5. The van der Waals surface area contributed by atoms with Gasteiger partial charge in [0, 0.05) is 31.2 Å². The first-order valence-electron chi connectivity index (χ1n) is 13.2. The average Bonchev–Trinajstić information content (AvgIpc) is 3.67. The number of piperazine rings is 1. The topological polar surface area (TPSA) is 99.2 Å². The van der Waals surface area contributed by atoms with Crippen LogP contribution >= 0.6 is 11.3 Å². The molecule has 2 N–H and O–H groups in total. The van der Waals surface area contributed by atoms with Crippen LogP contribution in [0, 0.1) is 5.92 Å². The highest BCUT2D eigenvalue weighted by Gasteiger charge is 2.46. The van der Waals surface area contributed by atoms with Gasteiger partial charge in [-0.1, -0.05) is 51.1 Å². The summed E-state index contributed by atoms with van der Waals surface area (Å²) in [7, 11) is 0. The molecule has 4 heterocycles. The molecule has 9 nitrogen and oxygen atoms in total. The molecular formula is C28H32N8OS. The predicted octanol–water partition coefficient (Wildman–Crippen LogP) is 4.89. The summed E-state index contributed by atoms with van der Waals surface area (Å²) in [5.74, 6) is 2.20. The van der Waals surface area contributed by atoms with Crippen LogP contribution in [-0.4, -0.2) is 62.5 Å². The maximum absolute atomic E-state index is 12.7. The van der Waals surface area contributed by atoms with Crippen molar-refractivity contribution in [1.82, 2.24) is 24.8 Å². The molecule has 2 bridgehead atoms. The molecule has 1 amide bonds. The number of thiazole rings is 1. The van der Waals surface area contributed by atoms with E-state index in [0.29, 0.717) is 36.9 Å².